The number of fused-ring (bicyclic) bond motifs is 1. The molecule has 0 unspecified atom stereocenters. The van der Waals surface area contributed by atoms with E-state index >= 15 is 0 Å². The number of carboxylic acid groups (broad SMARTS) is 1. The number of rotatable bonds is 4. The normalized spacial score (nSPS) is 23.5. The van der Waals surface area contributed by atoms with Crippen molar-refractivity contribution in [3.05, 3.63) is 23.8 Å². The van der Waals surface area contributed by atoms with E-state index in [-0.39, 0.29) is 24.0 Å². The van der Waals surface area contributed by atoms with Crippen LogP contribution in [-0.4, -0.2) is 48.1 Å². The first-order valence-corrected chi connectivity index (χ1v) is 6.86. The molecule has 0 saturated carbocycles. The standard InChI is InChI=1S/C14H15F2NO5/c15-14(16)21-11-3-1-2-9(13(11)22-14)7-17-4-5-20-8-10(17)6-12(18)19/h1-3,10H,4-8H2,(H,18,19)/t10-/m0/s1. The van der Waals surface area contributed by atoms with Crippen molar-refractivity contribution >= 4 is 5.97 Å². The molecule has 2 aliphatic rings. The van der Waals surface area contributed by atoms with Crippen LogP contribution < -0.4 is 9.47 Å². The lowest BCUT2D eigenvalue weighted by atomic mass is 10.1. The number of aliphatic carboxylic acids is 1. The summed E-state index contributed by atoms with van der Waals surface area (Å²) in [5.41, 5.74) is 0.534. The molecule has 6 nitrogen and oxygen atoms in total. The summed E-state index contributed by atoms with van der Waals surface area (Å²) in [6.07, 6.45) is -3.73. The van der Waals surface area contributed by atoms with Crippen LogP contribution in [-0.2, 0) is 16.1 Å². The Morgan fingerprint density at radius 3 is 3.00 bits per heavy atom. The maximum atomic E-state index is 13.2. The lowest BCUT2D eigenvalue weighted by Gasteiger charge is -2.34. The number of hydrogen-bond acceptors (Lipinski definition) is 5. The van der Waals surface area contributed by atoms with E-state index < -0.39 is 12.3 Å². The molecule has 8 heteroatoms. The number of benzene rings is 1. The number of alkyl halides is 2. The van der Waals surface area contributed by atoms with Crippen LogP contribution in [0.25, 0.3) is 0 Å². The van der Waals surface area contributed by atoms with Crippen molar-refractivity contribution in [2.45, 2.75) is 25.3 Å². The second-order valence-electron chi connectivity index (χ2n) is 5.21. The smallest absolute Gasteiger partial charge is 0.481 e. The van der Waals surface area contributed by atoms with E-state index in [2.05, 4.69) is 9.47 Å². The highest BCUT2D eigenvalue weighted by Gasteiger charge is 2.44. The van der Waals surface area contributed by atoms with Crippen LogP contribution in [0.1, 0.15) is 12.0 Å². The minimum Gasteiger partial charge on any atom is -0.481 e. The van der Waals surface area contributed by atoms with Gasteiger partial charge in [0, 0.05) is 24.7 Å². The second kappa shape index (κ2) is 5.69. The summed E-state index contributed by atoms with van der Waals surface area (Å²) in [6.45, 7) is 1.59. The minimum absolute atomic E-state index is 0.00747. The fraction of sp³-hybridized carbons (Fsp3) is 0.500. The highest BCUT2D eigenvalue weighted by atomic mass is 19.3. The van der Waals surface area contributed by atoms with Crippen molar-refractivity contribution in [1.29, 1.82) is 0 Å². The summed E-state index contributed by atoms with van der Waals surface area (Å²) in [5, 5.41) is 8.95. The molecule has 1 aromatic rings. The van der Waals surface area contributed by atoms with Crippen LogP contribution in [0.4, 0.5) is 8.78 Å². The second-order valence-corrected chi connectivity index (χ2v) is 5.21. The maximum Gasteiger partial charge on any atom is 0.586 e. The van der Waals surface area contributed by atoms with Gasteiger partial charge < -0.3 is 19.3 Å². The molecule has 1 saturated heterocycles. The van der Waals surface area contributed by atoms with E-state index in [9.17, 15) is 13.6 Å². The van der Waals surface area contributed by atoms with Crippen molar-refractivity contribution in [2.75, 3.05) is 19.8 Å². The Labute approximate surface area is 125 Å². The van der Waals surface area contributed by atoms with Gasteiger partial charge in [-0.15, -0.1) is 8.78 Å². The molecule has 120 valence electrons. The Bertz CT molecular complexity index is 580. The zero-order chi connectivity index (χ0) is 15.7. The average molecular weight is 315 g/mol. The van der Waals surface area contributed by atoms with Crippen LogP contribution >= 0.6 is 0 Å². The van der Waals surface area contributed by atoms with Crippen molar-refractivity contribution in [3.63, 3.8) is 0 Å². The van der Waals surface area contributed by atoms with Crippen molar-refractivity contribution in [2.24, 2.45) is 0 Å². The van der Waals surface area contributed by atoms with E-state index in [4.69, 9.17) is 9.84 Å². The summed E-state index contributed by atoms with van der Waals surface area (Å²) in [6, 6.07) is 4.38. The first-order valence-electron chi connectivity index (χ1n) is 6.86. The van der Waals surface area contributed by atoms with Crippen LogP contribution in [0.3, 0.4) is 0 Å². The number of halogens is 2. The zero-order valence-electron chi connectivity index (χ0n) is 11.6. The first-order chi connectivity index (χ1) is 10.4. The molecule has 0 aromatic heterocycles. The fourth-order valence-corrected chi connectivity index (χ4v) is 2.66. The number of para-hydroxylation sites is 1. The SMILES string of the molecule is O=C(O)C[C@H]1COCCN1Cc1cccc2c1OC(F)(F)O2. The van der Waals surface area contributed by atoms with Gasteiger partial charge in [-0.3, -0.25) is 9.69 Å². The maximum absolute atomic E-state index is 13.2. The van der Waals surface area contributed by atoms with Gasteiger partial charge in [-0.2, -0.15) is 0 Å². The molecule has 0 amide bonds. The molecule has 2 heterocycles. The molecule has 0 aliphatic carbocycles. The fourth-order valence-electron chi connectivity index (χ4n) is 2.66. The number of carbonyl (C=O) groups is 1. The highest BCUT2D eigenvalue weighted by Crippen LogP contribution is 2.43. The Balaban J connectivity index is 1.78. The predicted octanol–water partition coefficient (Wildman–Crippen LogP) is 1.68. The first kappa shape index (κ1) is 15.0. The molecule has 0 radical (unpaired) electrons. The molecular formula is C14H15F2NO5. The van der Waals surface area contributed by atoms with Crippen LogP contribution in [0.2, 0.25) is 0 Å². The topological polar surface area (TPSA) is 68.2 Å². The van der Waals surface area contributed by atoms with E-state index in [1.807, 2.05) is 4.90 Å². The molecule has 1 fully saturated rings. The lowest BCUT2D eigenvalue weighted by molar-refractivity contribution is -0.287. The van der Waals surface area contributed by atoms with Crippen LogP contribution in [0, 0.1) is 0 Å². The summed E-state index contributed by atoms with van der Waals surface area (Å²) >= 11 is 0. The predicted molar refractivity (Wildman–Crippen MR) is 69.9 cm³/mol. The minimum atomic E-state index is -3.66. The van der Waals surface area contributed by atoms with Crippen molar-refractivity contribution in [1.82, 2.24) is 4.90 Å². The van der Waals surface area contributed by atoms with Gasteiger partial charge in [-0.25, -0.2) is 0 Å². The Hall–Kier alpha value is -1.93. The van der Waals surface area contributed by atoms with Gasteiger partial charge in [0.1, 0.15) is 0 Å². The molecule has 1 N–H and O–H groups in total. The Morgan fingerprint density at radius 1 is 1.41 bits per heavy atom. The Morgan fingerprint density at radius 2 is 2.23 bits per heavy atom. The van der Waals surface area contributed by atoms with E-state index in [1.54, 1.807) is 12.1 Å². The molecule has 22 heavy (non-hydrogen) atoms. The molecule has 1 aromatic carbocycles. The average Bonchev–Trinajstić information content (AvgIpc) is 2.75. The van der Waals surface area contributed by atoms with E-state index in [0.29, 0.717) is 31.9 Å². The third kappa shape index (κ3) is 3.12. The molecule has 3 rings (SSSR count). The van der Waals surface area contributed by atoms with Crippen molar-refractivity contribution < 1.29 is 32.9 Å². The summed E-state index contributed by atoms with van der Waals surface area (Å²) in [7, 11) is 0. The van der Waals surface area contributed by atoms with Gasteiger partial charge in [0.25, 0.3) is 0 Å². The van der Waals surface area contributed by atoms with Crippen LogP contribution in [0.15, 0.2) is 18.2 Å². The summed E-state index contributed by atoms with van der Waals surface area (Å²) < 4.78 is 40.6. The van der Waals surface area contributed by atoms with Gasteiger partial charge in [0.15, 0.2) is 11.5 Å². The lowest BCUT2D eigenvalue weighted by Crippen LogP contribution is -2.45. The van der Waals surface area contributed by atoms with Gasteiger partial charge in [0.05, 0.1) is 19.6 Å². The van der Waals surface area contributed by atoms with Gasteiger partial charge in [0.2, 0.25) is 0 Å². The Kier molecular flexibility index (Phi) is 3.88. The number of carboxylic acids is 1. The summed E-state index contributed by atoms with van der Waals surface area (Å²) in [4.78, 5) is 12.8. The third-order valence-electron chi connectivity index (χ3n) is 3.64. The molecule has 2 aliphatic heterocycles. The summed E-state index contributed by atoms with van der Waals surface area (Å²) in [5.74, 6) is -0.927. The van der Waals surface area contributed by atoms with E-state index in [0.717, 1.165) is 0 Å². The molecule has 0 spiro atoms. The third-order valence-corrected chi connectivity index (χ3v) is 3.64. The molecular weight excluding hydrogens is 300 g/mol. The van der Waals surface area contributed by atoms with E-state index in [1.165, 1.54) is 6.07 Å². The number of morpholine rings is 1. The monoisotopic (exact) mass is 315 g/mol. The number of ether oxygens (including phenoxy) is 3. The molecule has 0 bridgehead atoms. The van der Waals surface area contributed by atoms with Gasteiger partial charge >= 0.3 is 12.3 Å². The number of hydrogen-bond donors (Lipinski definition) is 1. The highest BCUT2D eigenvalue weighted by molar-refractivity contribution is 5.67. The number of nitrogens with zero attached hydrogens (tertiary/aromatic N) is 1. The van der Waals surface area contributed by atoms with Gasteiger partial charge in [-0.1, -0.05) is 12.1 Å². The van der Waals surface area contributed by atoms with Gasteiger partial charge in [-0.05, 0) is 6.07 Å². The quantitative estimate of drug-likeness (QED) is 0.912. The van der Waals surface area contributed by atoms with Crippen LogP contribution in [0.5, 0.6) is 11.5 Å². The molecule has 1 atom stereocenters. The zero-order valence-corrected chi connectivity index (χ0v) is 11.6. The largest absolute Gasteiger partial charge is 0.586 e. The van der Waals surface area contributed by atoms with Crippen molar-refractivity contribution in [3.8, 4) is 11.5 Å².